The average Bonchev–Trinajstić information content (AvgIpc) is 3.35. The number of carbonyl (C=O) groups excluding carboxylic acids is 2. The molecule has 0 aliphatic rings. The number of carbonyl (C=O) groups is 2. The summed E-state index contributed by atoms with van der Waals surface area (Å²) >= 11 is 6.26. The van der Waals surface area contributed by atoms with Gasteiger partial charge in [0, 0.05) is 15.9 Å². The Hall–Kier alpha value is -4.14. The molecule has 0 aliphatic carbocycles. The van der Waals surface area contributed by atoms with E-state index in [1.54, 1.807) is 12.1 Å². The molecule has 3 N–H and O–H groups in total. The van der Waals surface area contributed by atoms with Crippen molar-refractivity contribution >= 4 is 56.1 Å². The summed E-state index contributed by atoms with van der Waals surface area (Å²) in [7, 11) is -1.75. The van der Waals surface area contributed by atoms with Crippen LogP contribution in [0.4, 0.5) is 0 Å². The number of para-hydroxylation sites is 1. The van der Waals surface area contributed by atoms with Crippen molar-refractivity contribution in [2.75, 3.05) is 13.2 Å². The fourth-order valence-electron chi connectivity index (χ4n) is 4.81. The van der Waals surface area contributed by atoms with Crippen molar-refractivity contribution in [1.29, 1.82) is 0 Å². The molecule has 210 valence electrons. The fourth-order valence-corrected chi connectivity index (χ4v) is 5.74. The van der Waals surface area contributed by atoms with E-state index in [-0.39, 0.29) is 6.54 Å². The summed E-state index contributed by atoms with van der Waals surface area (Å²) in [5, 5.41) is 6.28. The van der Waals surface area contributed by atoms with Crippen LogP contribution in [0.15, 0.2) is 83.8 Å². The number of amides is 2. The second-order valence-electron chi connectivity index (χ2n) is 9.83. The third kappa shape index (κ3) is 6.61. The highest BCUT2D eigenvalue weighted by atomic mass is 35.5. The van der Waals surface area contributed by atoms with E-state index in [2.05, 4.69) is 15.0 Å². The van der Waals surface area contributed by atoms with Gasteiger partial charge in [-0.05, 0) is 84.5 Å². The summed E-state index contributed by atoms with van der Waals surface area (Å²) in [6.45, 7) is 4.04. The van der Waals surface area contributed by atoms with E-state index in [1.165, 1.54) is 0 Å². The SMILES string of the molecule is Cc1cc(OCCCc2c(C(=O)NCC(=O)NS(=O)c3ccc4ccccc4c3)[nH]c3ccccc23)cc(C)c1Cl. The third-order valence-corrected chi connectivity index (χ3v) is 8.53. The molecule has 0 saturated heterocycles. The van der Waals surface area contributed by atoms with E-state index < -0.39 is 22.8 Å². The molecule has 0 saturated carbocycles. The summed E-state index contributed by atoms with van der Waals surface area (Å²) in [5.74, 6) is -0.203. The minimum absolute atomic E-state index is 0.314. The van der Waals surface area contributed by atoms with E-state index in [4.69, 9.17) is 16.3 Å². The molecule has 0 spiro atoms. The van der Waals surface area contributed by atoms with Gasteiger partial charge in [0.1, 0.15) is 11.4 Å². The van der Waals surface area contributed by atoms with E-state index in [0.717, 1.165) is 49.1 Å². The molecule has 5 rings (SSSR count). The molecule has 0 radical (unpaired) electrons. The first kappa shape index (κ1) is 28.4. The molecule has 0 aliphatic heterocycles. The lowest BCUT2D eigenvalue weighted by Crippen LogP contribution is -2.38. The number of hydrogen-bond acceptors (Lipinski definition) is 4. The topological polar surface area (TPSA) is 100 Å². The van der Waals surface area contributed by atoms with Crippen LogP contribution in [0.2, 0.25) is 5.02 Å². The van der Waals surface area contributed by atoms with Crippen LogP contribution in [0.25, 0.3) is 21.7 Å². The maximum atomic E-state index is 13.2. The normalized spacial score (nSPS) is 11.9. The highest BCUT2D eigenvalue weighted by molar-refractivity contribution is 7.83. The second-order valence-corrected chi connectivity index (χ2v) is 11.4. The van der Waals surface area contributed by atoms with Crippen molar-refractivity contribution in [3.8, 4) is 5.75 Å². The minimum atomic E-state index is -1.75. The lowest BCUT2D eigenvalue weighted by Gasteiger charge is -2.11. The van der Waals surface area contributed by atoms with E-state index >= 15 is 0 Å². The molecule has 1 unspecified atom stereocenters. The molecule has 0 fully saturated rings. The lowest BCUT2D eigenvalue weighted by molar-refractivity contribution is -0.118. The number of ether oxygens (including phenoxy) is 1. The summed E-state index contributed by atoms with van der Waals surface area (Å²) in [4.78, 5) is 29.4. The highest BCUT2D eigenvalue weighted by Crippen LogP contribution is 2.27. The smallest absolute Gasteiger partial charge is 0.268 e. The lowest BCUT2D eigenvalue weighted by atomic mass is 10.1. The Morgan fingerprint density at radius 2 is 1.63 bits per heavy atom. The van der Waals surface area contributed by atoms with Crippen LogP contribution in [0, 0.1) is 13.8 Å². The van der Waals surface area contributed by atoms with Gasteiger partial charge < -0.3 is 15.0 Å². The Balaban J connectivity index is 1.20. The maximum Gasteiger partial charge on any atom is 0.268 e. The Bertz CT molecular complexity index is 1760. The van der Waals surface area contributed by atoms with Crippen LogP contribution in [0.5, 0.6) is 5.75 Å². The molecular weight excluding hydrogens is 558 g/mol. The second kappa shape index (κ2) is 12.6. The van der Waals surface area contributed by atoms with Gasteiger partial charge in [-0.3, -0.25) is 14.3 Å². The number of benzene rings is 4. The molecule has 1 heterocycles. The van der Waals surface area contributed by atoms with Crippen LogP contribution >= 0.6 is 11.6 Å². The van der Waals surface area contributed by atoms with Gasteiger partial charge in [-0.2, -0.15) is 0 Å². The summed E-state index contributed by atoms with van der Waals surface area (Å²) in [6.07, 6.45) is 1.27. The number of aromatic amines is 1. The van der Waals surface area contributed by atoms with Gasteiger partial charge in [0.2, 0.25) is 0 Å². The molecule has 1 atom stereocenters. The van der Waals surface area contributed by atoms with Crippen LogP contribution < -0.4 is 14.8 Å². The maximum absolute atomic E-state index is 13.2. The van der Waals surface area contributed by atoms with E-state index in [1.807, 2.05) is 80.6 Å². The number of aryl methyl sites for hydroxylation is 3. The monoisotopic (exact) mass is 587 g/mol. The molecule has 7 nitrogen and oxygen atoms in total. The van der Waals surface area contributed by atoms with Crippen molar-refractivity contribution in [2.45, 2.75) is 31.6 Å². The van der Waals surface area contributed by atoms with Crippen LogP contribution in [-0.2, 0) is 22.2 Å². The van der Waals surface area contributed by atoms with Gasteiger partial charge in [-0.1, -0.05) is 60.1 Å². The highest BCUT2D eigenvalue weighted by Gasteiger charge is 2.19. The van der Waals surface area contributed by atoms with Crippen molar-refractivity contribution in [2.24, 2.45) is 0 Å². The molecule has 41 heavy (non-hydrogen) atoms. The number of rotatable bonds is 10. The standard InChI is InChI=1S/C32H30ClN3O4S/c1-20-16-24(17-21(2)30(20)33)40-15-7-11-27-26-10-5-6-12-28(26)35-31(27)32(38)34-19-29(37)36-41(39)25-14-13-22-8-3-4-9-23(22)18-25/h3-6,8-10,12-14,16-18,35H,7,11,15,19H2,1-2H3,(H,34,38)(H,36,37). The van der Waals surface area contributed by atoms with Gasteiger partial charge in [0.05, 0.1) is 18.0 Å². The predicted octanol–water partition coefficient (Wildman–Crippen LogP) is 6.17. The van der Waals surface area contributed by atoms with Crippen molar-refractivity contribution in [3.05, 3.63) is 106 Å². The fraction of sp³-hybridized carbons (Fsp3) is 0.188. The molecule has 4 aromatic carbocycles. The first-order valence-corrected chi connectivity index (χ1v) is 14.8. The number of fused-ring (bicyclic) bond motifs is 2. The molecule has 2 amide bonds. The average molecular weight is 588 g/mol. The van der Waals surface area contributed by atoms with Gasteiger partial charge in [-0.25, -0.2) is 4.21 Å². The van der Waals surface area contributed by atoms with Gasteiger partial charge in [0.25, 0.3) is 11.8 Å². The van der Waals surface area contributed by atoms with Crippen LogP contribution in [0.1, 0.15) is 33.6 Å². The van der Waals surface area contributed by atoms with E-state index in [9.17, 15) is 13.8 Å². The largest absolute Gasteiger partial charge is 0.494 e. The predicted molar refractivity (Wildman–Crippen MR) is 164 cm³/mol. The number of hydrogen-bond donors (Lipinski definition) is 3. The molecule has 0 bridgehead atoms. The first-order chi connectivity index (χ1) is 19.8. The van der Waals surface area contributed by atoms with Crippen LogP contribution in [0.3, 0.4) is 0 Å². The summed E-state index contributed by atoms with van der Waals surface area (Å²) in [6, 6.07) is 24.6. The zero-order valence-corrected chi connectivity index (χ0v) is 24.3. The Morgan fingerprint density at radius 1 is 0.927 bits per heavy atom. The number of aromatic nitrogens is 1. The third-order valence-electron chi connectivity index (χ3n) is 6.84. The first-order valence-electron chi connectivity index (χ1n) is 13.3. The molecule has 1 aromatic heterocycles. The summed E-state index contributed by atoms with van der Waals surface area (Å²) < 4.78 is 21.1. The molecule has 9 heteroatoms. The zero-order chi connectivity index (χ0) is 28.9. The van der Waals surface area contributed by atoms with E-state index in [0.29, 0.717) is 30.0 Å². The number of halogens is 1. The van der Waals surface area contributed by atoms with Gasteiger partial charge in [0.15, 0.2) is 11.0 Å². The molecular formula is C32H30ClN3O4S. The number of H-pyrrole nitrogens is 1. The zero-order valence-electron chi connectivity index (χ0n) is 22.8. The minimum Gasteiger partial charge on any atom is -0.494 e. The van der Waals surface area contributed by atoms with Crippen molar-refractivity contribution in [1.82, 2.24) is 15.0 Å². The van der Waals surface area contributed by atoms with Crippen molar-refractivity contribution in [3.63, 3.8) is 0 Å². The van der Waals surface area contributed by atoms with Crippen molar-refractivity contribution < 1.29 is 18.5 Å². The van der Waals surface area contributed by atoms with Crippen LogP contribution in [-0.4, -0.2) is 34.2 Å². The Labute approximate surface area is 245 Å². The Kier molecular flexibility index (Phi) is 8.71. The van der Waals surface area contributed by atoms with Gasteiger partial charge in [-0.15, -0.1) is 0 Å². The van der Waals surface area contributed by atoms with Gasteiger partial charge >= 0.3 is 0 Å². The quantitative estimate of drug-likeness (QED) is 0.170. The number of nitrogens with one attached hydrogen (secondary N) is 3. The summed E-state index contributed by atoms with van der Waals surface area (Å²) in [5.41, 5.74) is 4.00. The Morgan fingerprint density at radius 3 is 2.41 bits per heavy atom. The molecule has 5 aromatic rings.